The first-order valence-corrected chi connectivity index (χ1v) is 9.95. The van der Waals surface area contributed by atoms with Gasteiger partial charge >= 0.3 is 5.97 Å². The minimum atomic E-state index is -0.789. The number of methoxy groups -OCH3 is 1. The molecule has 1 aromatic heterocycles. The lowest BCUT2D eigenvalue weighted by Gasteiger charge is -2.16. The van der Waals surface area contributed by atoms with E-state index in [1.807, 2.05) is 36.4 Å². The van der Waals surface area contributed by atoms with E-state index in [0.29, 0.717) is 23.4 Å². The van der Waals surface area contributed by atoms with Crippen molar-refractivity contribution in [3.63, 3.8) is 0 Å². The fraction of sp³-hybridized carbons (Fsp3) is 0.190. The third-order valence-electron chi connectivity index (χ3n) is 4.10. The monoisotopic (exact) mass is 458 g/mol. The van der Waals surface area contributed by atoms with E-state index in [9.17, 15) is 9.59 Å². The van der Waals surface area contributed by atoms with Crippen LogP contribution in [0.1, 0.15) is 11.1 Å². The Bertz CT molecular complexity index is 1050. The number of thioether (sulfide) groups is 1. The van der Waals surface area contributed by atoms with Crippen LogP contribution in [0.25, 0.3) is 11.5 Å². The van der Waals surface area contributed by atoms with Crippen LogP contribution in [0.15, 0.2) is 64.2 Å². The van der Waals surface area contributed by atoms with E-state index in [1.54, 1.807) is 24.3 Å². The van der Waals surface area contributed by atoms with Crippen LogP contribution < -0.4 is 5.32 Å². The summed E-state index contributed by atoms with van der Waals surface area (Å²) in [4.78, 5) is 24.4. The number of rotatable bonds is 8. The third-order valence-corrected chi connectivity index (χ3v) is 4.92. The molecule has 0 saturated heterocycles. The summed E-state index contributed by atoms with van der Waals surface area (Å²) in [6, 6.07) is 17.3. The number of carbonyl (C=O) groups excluding carboxylic acids is 2. The lowest BCUT2D eigenvalue weighted by Crippen LogP contribution is -2.43. The number of nitriles is 1. The zero-order valence-electron chi connectivity index (χ0n) is 16.5. The number of benzene rings is 2. The standard InChI is InChI=1S/C21H18N4O4S.ClH/c1-28-20(27)17(11-14-5-3-2-4-6-14)23-18(26)13-30-21-25-24-19(29-21)16-9-7-15(12-22)8-10-16;/h2-10,17H,11,13H2,1H3,(H,23,26);1H/t17-;/m0./s1. The summed E-state index contributed by atoms with van der Waals surface area (Å²) in [5, 5.41) is 19.6. The highest BCUT2D eigenvalue weighted by Crippen LogP contribution is 2.23. The van der Waals surface area contributed by atoms with E-state index in [1.165, 1.54) is 7.11 Å². The van der Waals surface area contributed by atoms with Crippen molar-refractivity contribution in [2.75, 3.05) is 12.9 Å². The van der Waals surface area contributed by atoms with E-state index < -0.39 is 12.0 Å². The maximum Gasteiger partial charge on any atom is 0.328 e. The highest BCUT2D eigenvalue weighted by atomic mass is 35.5. The molecule has 0 radical (unpaired) electrons. The molecule has 1 N–H and O–H groups in total. The minimum absolute atomic E-state index is 0. The molecule has 0 bridgehead atoms. The van der Waals surface area contributed by atoms with E-state index in [4.69, 9.17) is 14.4 Å². The second-order valence-electron chi connectivity index (χ2n) is 6.18. The van der Waals surface area contributed by atoms with Gasteiger partial charge in [-0.25, -0.2) is 4.79 Å². The SMILES string of the molecule is COC(=O)[C@H](Cc1ccccc1)NC(=O)CSc1nnc(-c2ccc(C#N)cc2)o1.Cl. The second-order valence-corrected chi connectivity index (χ2v) is 7.11. The number of hydrogen-bond acceptors (Lipinski definition) is 8. The van der Waals surface area contributed by atoms with Crippen LogP contribution >= 0.6 is 24.2 Å². The van der Waals surface area contributed by atoms with E-state index in [0.717, 1.165) is 17.3 Å². The Morgan fingerprint density at radius 2 is 1.87 bits per heavy atom. The van der Waals surface area contributed by atoms with Gasteiger partial charge in [0.25, 0.3) is 5.22 Å². The molecule has 1 heterocycles. The summed E-state index contributed by atoms with van der Waals surface area (Å²) in [5.74, 6) is -0.585. The molecule has 1 amide bonds. The molecule has 0 aliphatic heterocycles. The molecule has 3 rings (SSSR count). The van der Waals surface area contributed by atoms with Crippen molar-refractivity contribution in [2.45, 2.75) is 17.7 Å². The Morgan fingerprint density at radius 3 is 2.52 bits per heavy atom. The fourth-order valence-electron chi connectivity index (χ4n) is 2.62. The smallest absolute Gasteiger partial charge is 0.328 e. The normalized spacial score (nSPS) is 11.0. The maximum absolute atomic E-state index is 12.3. The Labute approximate surface area is 189 Å². The first kappa shape index (κ1) is 23.9. The predicted molar refractivity (Wildman–Crippen MR) is 117 cm³/mol. The summed E-state index contributed by atoms with van der Waals surface area (Å²) >= 11 is 1.06. The van der Waals surface area contributed by atoms with Crippen LogP contribution in [0.2, 0.25) is 0 Å². The molecule has 0 aliphatic rings. The molecular formula is C21H19ClN4O4S. The Kier molecular flexibility index (Phi) is 9.06. The molecule has 3 aromatic rings. The average molecular weight is 459 g/mol. The Morgan fingerprint density at radius 1 is 1.16 bits per heavy atom. The molecule has 8 nitrogen and oxygen atoms in total. The van der Waals surface area contributed by atoms with E-state index in [2.05, 4.69) is 15.5 Å². The van der Waals surface area contributed by atoms with Crippen molar-refractivity contribution < 1.29 is 18.7 Å². The lowest BCUT2D eigenvalue weighted by molar-refractivity contribution is -0.144. The summed E-state index contributed by atoms with van der Waals surface area (Å²) in [6.07, 6.45) is 0.327. The summed E-state index contributed by atoms with van der Waals surface area (Å²) in [7, 11) is 1.28. The number of hydrogen-bond donors (Lipinski definition) is 1. The van der Waals surface area contributed by atoms with Crippen molar-refractivity contribution in [1.82, 2.24) is 15.5 Å². The third kappa shape index (κ3) is 6.84. The highest BCUT2D eigenvalue weighted by molar-refractivity contribution is 7.99. The lowest BCUT2D eigenvalue weighted by atomic mass is 10.1. The van der Waals surface area contributed by atoms with Gasteiger partial charge in [0.05, 0.1) is 24.5 Å². The minimum Gasteiger partial charge on any atom is -0.467 e. The molecule has 2 aromatic carbocycles. The molecule has 31 heavy (non-hydrogen) atoms. The first-order valence-electron chi connectivity index (χ1n) is 8.97. The predicted octanol–water partition coefficient (Wildman–Crippen LogP) is 3.02. The van der Waals surface area contributed by atoms with Crippen LogP contribution in [-0.2, 0) is 20.7 Å². The van der Waals surface area contributed by atoms with Crippen LogP contribution in [0.4, 0.5) is 0 Å². The van der Waals surface area contributed by atoms with Gasteiger partial charge in [0.2, 0.25) is 11.8 Å². The zero-order chi connectivity index (χ0) is 21.3. The summed E-state index contributed by atoms with van der Waals surface area (Å²) in [6.45, 7) is 0. The molecule has 10 heteroatoms. The van der Waals surface area contributed by atoms with Gasteiger partial charge in [0, 0.05) is 12.0 Å². The van der Waals surface area contributed by atoms with E-state index in [-0.39, 0.29) is 29.3 Å². The van der Waals surface area contributed by atoms with Crippen LogP contribution in [0.5, 0.6) is 0 Å². The number of ether oxygens (including phenoxy) is 1. The Balaban J connectivity index is 0.00000341. The fourth-order valence-corrected chi connectivity index (χ4v) is 3.20. The molecule has 0 aliphatic carbocycles. The van der Waals surface area contributed by atoms with E-state index >= 15 is 0 Å². The van der Waals surface area contributed by atoms with Gasteiger partial charge in [-0.15, -0.1) is 22.6 Å². The number of carbonyl (C=O) groups is 2. The van der Waals surface area contributed by atoms with Crippen LogP contribution in [-0.4, -0.2) is 41.0 Å². The number of halogens is 1. The molecule has 0 saturated carbocycles. The van der Waals surface area contributed by atoms with Crippen LogP contribution in [0, 0.1) is 11.3 Å². The summed E-state index contributed by atoms with van der Waals surface area (Å²) < 4.78 is 10.3. The van der Waals surface area contributed by atoms with Gasteiger partial charge in [0.1, 0.15) is 6.04 Å². The average Bonchev–Trinajstić information content (AvgIpc) is 3.26. The second kappa shape index (κ2) is 11.7. The number of esters is 1. The first-order chi connectivity index (χ1) is 14.6. The summed E-state index contributed by atoms with van der Waals surface area (Å²) in [5.41, 5.74) is 2.11. The van der Waals surface area contributed by atoms with Crippen LogP contribution in [0.3, 0.4) is 0 Å². The molecule has 1 atom stereocenters. The number of nitrogens with zero attached hydrogens (tertiary/aromatic N) is 3. The van der Waals surface area contributed by atoms with Gasteiger partial charge < -0.3 is 14.5 Å². The van der Waals surface area contributed by atoms with Crippen molar-refractivity contribution in [2.24, 2.45) is 0 Å². The quantitative estimate of drug-likeness (QED) is 0.404. The maximum atomic E-state index is 12.3. The molecule has 0 unspecified atom stereocenters. The van der Waals surface area contributed by atoms with Crippen molar-refractivity contribution in [1.29, 1.82) is 5.26 Å². The van der Waals surface area contributed by atoms with Gasteiger partial charge in [-0.3, -0.25) is 4.79 Å². The van der Waals surface area contributed by atoms with Crippen molar-refractivity contribution >= 4 is 36.0 Å². The molecule has 0 fully saturated rings. The number of nitrogens with one attached hydrogen (secondary N) is 1. The Hall–Kier alpha value is -3.35. The largest absolute Gasteiger partial charge is 0.467 e. The molecular weight excluding hydrogens is 440 g/mol. The zero-order valence-corrected chi connectivity index (χ0v) is 18.1. The molecule has 160 valence electrons. The van der Waals surface area contributed by atoms with Gasteiger partial charge in [-0.1, -0.05) is 42.1 Å². The highest BCUT2D eigenvalue weighted by Gasteiger charge is 2.22. The topological polar surface area (TPSA) is 118 Å². The number of aromatic nitrogens is 2. The van der Waals surface area contributed by atoms with Gasteiger partial charge in [0.15, 0.2) is 0 Å². The van der Waals surface area contributed by atoms with Gasteiger partial charge in [-0.05, 0) is 29.8 Å². The van der Waals surface area contributed by atoms with Gasteiger partial charge in [-0.2, -0.15) is 5.26 Å². The number of amides is 1. The van der Waals surface area contributed by atoms with Crippen molar-refractivity contribution in [3.8, 4) is 17.5 Å². The molecule has 0 spiro atoms. The van der Waals surface area contributed by atoms with Crippen molar-refractivity contribution in [3.05, 3.63) is 65.7 Å².